The molecular weight excluding hydrogens is 467 g/mol. The highest BCUT2D eigenvalue weighted by Crippen LogP contribution is 2.34. The van der Waals surface area contributed by atoms with Crippen LogP contribution in [0.15, 0.2) is 83.8 Å². The average Bonchev–Trinajstić information content (AvgIpc) is 3.29. The van der Waals surface area contributed by atoms with E-state index in [9.17, 15) is 13.2 Å². The molecule has 0 N–H and O–H groups in total. The maximum absolute atomic E-state index is 13.6. The Hall–Kier alpha value is -2.54. The van der Waals surface area contributed by atoms with Crippen molar-refractivity contribution in [3.63, 3.8) is 0 Å². The molecule has 1 aliphatic rings. The molecule has 3 aromatic carbocycles. The molecule has 1 unspecified atom stereocenters. The summed E-state index contributed by atoms with van der Waals surface area (Å²) in [5.74, 6) is -0.262. The van der Waals surface area contributed by atoms with Crippen molar-refractivity contribution in [1.29, 1.82) is 0 Å². The van der Waals surface area contributed by atoms with Gasteiger partial charge in [0.25, 0.3) is 10.0 Å². The zero-order valence-electron chi connectivity index (χ0n) is 17.2. The molecule has 0 saturated carbocycles. The minimum Gasteiger partial charge on any atom is -0.334 e. The Morgan fingerprint density at radius 3 is 2.28 bits per heavy atom. The van der Waals surface area contributed by atoms with Gasteiger partial charge in [-0.2, -0.15) is 0 Å². The van der Waals surface area contributed by atoms with Gasteiger partial charge in [0, 0.05) is 11.6 Å². The summed E-state index contributed by atoms with van der Waals surface area (Å²) in [4.78, 5) is 15.1. The third-order valence-corrected chi connectivity index (χ3v) is 8.08. The zero-order chi connectivity index (χ0) is 22.7. The van der Waals surface area contributed by atoms with Gasteiger partial charge in [-0.25, -0.2) is 8.42 Å². The molecule has 1 atom stereocenters. The van der Waals surface area contributed by atoms with Crippen LogP contribution in [0.3, 0.4) is 0 Å². The number of benzene rings is 3. The molecule has 1 aliphatic heterocycles. The van der Waals surface area contributed by atoms with Crippen molar-refractivity contribution in [2.45, 2.75) is 23.8 Å². The fourth-order valence-electron chi connectivity index (χ4n) is 4.00. The van der Waals surface area contributed by atoms with Crippen molar-refractivity contribution < 1.29 is 13.2 Å². The zero-order valence-corrected chi connectivity index (χ0v) is 19.5. The molecule has 0 aliphatic carbocycles. The van der Waals surface area contributed by atoms with E-state index >= 15 is 0 Å². The second-order valence-corrected chi connectivity index (χ2v) is 10.2. The van der Waals surface area contributed by atoms with Crippen LogP contribution in [0, 0.1) is 0 Å². The number of likely N-dealkylation sites (tertiary alicyclic amines) is 1. The second kappa shape index (κ2) is 9.53. The summed E-state index contributed by atoms with van der Waals surface area (Å²) >= 11 is 12.2. The highest BCUT2D eigenvalue weighted by atomic mass is 35.5. The summed E-state index contributed by atoms with van der Waals surface area (Å²) in [6.07, 6.45) is 1.71. The SMILES string of the molecule is O=C(CN(c1ccc(Cl)cc1)S(=O)(=O)c1ccccc1Cl)N1CCCC1c1ccccc1. The summed E-state index contributed by atoms with van der Waals surface area (Å²) in [5.41, 5.74) is 1.39. The number of amides is 1. The van der Waals surface area contributed by atoms with Crippen LogP contribution in [0.2, 0.25) is 10.0 Å². The summed E-state index contributed by atoms with van der Waals surface area (Å²) in [6, 6.07) is 22.3. The van der Waals surface area contributed by atoms with E-state index in [1.807, 2.05) is 30.3 Å². The molecule has 5 nitrogen and oxygen atoms in total. The minimum atomic E-state index is -4.09. The summed E-state index contributed by atoms with van der Waals surface area (Å²) < 4.78 is 28.3. The van der Waals surface area contributed by atoms with Crippen LogP contribution >= 0.6 is 23.2 Å². The van der Waals surface area contributed by atoms with Gasteiger partial charge in [-0.05, 0) is 54.8 Å². The Labute approximate surface area is 198 Å². The van der Waals surface area contributed by atoms with Gasteiger partial charge in [0.2, 0.25) is 5.91 Å². The number of carbonyl (C=O) groups excluding carboxylic acids is 1. The van der Waals surface area contributed by atoms with E-state index in [0.717, 1.165) is 22.7 Å². The Morgan fingerprint density at radius 1 is 0.938 bits per heavy atom. The largest absolute Gasteiger partial charge is 0.334 e. The number of nitrogens with zero attached hydrogens (tertiary/aromatic N) is 2. The van der Waals surface area contributed by atoms with E-state index in [1.54, 1.807) is 41.3 Å². The highest BCUT2D eigenvalue weighted by molar-refractivity contribution is 7.93. The van der Waals surface area contributed by atoms with E-state index in [4.69, 9.17) is 23.2 Å². The van der Waals surface area contributed by atoms with Crippen LogP contribution < -0.4 is 4.31 Å². The number of rotatable bonds is 6. The number of anilines is 1. The molecule has 0 aromatic heterocycles. The van der Waals surface area contributed by atoms with Crippen LogP contribution in [-0.4, -0.2) is 32.3 Å². The van der Waals surface area contributed by atoms with Gasteiger partial charge in [0.1, 0.15) is 11.4 Å². The predicted molar refractivity (Wildman–Crippen MR) is 128 cm³/mol. The molecule has 4 rings (SSSR count). The van der Waals surface area contributed by atoms with Crippen molar-refractivity contribution in [1.82, 2.24) is 4.90 Å². The topological polar surface area (TPSA) is 57.7 Å². The lowest BCUT2D eigenvalue weighted by Gasteiger charge is -2.30. The van der Waals surface area contributed by atoms with Crippen LogP contribution in [0.5, 0.6) is 0 Å². The van der Waals surface area contributed by atoms with Crippen molar-refractivity contribution in [2.24, 2.45) is 0 Å². The van der Waals surface area contributed by atoms with E-state index in [-0.39, 0.29) is 28.4 Å². The second-order valence-electron chi connectivity index (χ2n) is 7.57. The lowest BCUT2D eigenvalue weighted by atomic mass is 10.0. The van der Waals surface area contributed by atoms with Gasteiger partial charge in [0.05, 0.1) is 16.8 Å². The molecule has 0 spiro atoms. The molecule has 8 heteroatoms. The van der Waals surface area contributed by atoms with Gasteiger partial charge in [-0.15, -0.1) is 0 Å². The number of hydrogen-bond donors (Lipinski definition) is 0. The van der Waals surface area contributed by atoms with Gasteiger partial charge >= 0.3 is 0 Å². The first-order chi connectivity index (χ1) is 15.4. The number of sulfonamides is 1. The molecule has 1 fully saturated rings. The summed E-state index contributed by atoms with van der Waals surface area (Å²) in [7, 11) is -4.09. The Morgan fingerprint density at radius 2 is 1.59 bits per heavy atom. The molecule has 1 saturated heterocycles. The fraction of sp³-hybridized carbons (Fsp3) is 0.208. The quantitative estimate of drug-likeness (QED) is 0.456. The third-order valence-electron chi connectivity index (χ3n) is 5.56. The van der Waals surface area contributed by atoms with Crippen LogP contribution in [0.25, 0.3) is 0 Å². The Balaban J connectivity index is 1.69. The average molecular weight is 489 g/mol. The lowest BCUT2D eigenvalue weighted by Crippen LogP contribution is -2.43. The summed E-state index contributed by atoms with van der Waals surface area (Å²) in [6.45, 7) is 0.248. The first kappa shape index (κ1) is 22.6. The lowest BCUT2D eigenvalue weighted by molar-refractivity contribution is -0.130. The first-order valence-corrected chi connectivity index (χ1v) is 12.4. The monoisotopic (exact) mass is 488 g/mol. The molecular formula is C24H22Cl2N2O3S. The van der Waals surface area contributed by atoms with E-state index in [1.165, 1.54) is 12.1 Å². The van der Waals surface area contributed by atoms with Crippen LogP contribution in [0.4, 0.5) is 5.69 Å². The maximum Gasteiger partial charge on any atom is 0.266 e. The van der Waals surface area contributed by atoms with Crippen molar-refractivity contribution >= 4 is 44.8 Å². The molecule has 1 heterocycles. The van der Waals surface area contributed by atoms with Crippen molar-refractivity contribution in [3.8, 4) is 0 Å². The molecule has 0 radical (unpaired) electrons. The maximum atomic E-state index is 13.6. The summed E-state index contributed by atoms with van der Waals surface area (Å²) in [5, 5.41) is 0.570. The first-order valence-electron chi connectivity index (χ1n) is 10.2. The van der Waals surface area contributed by atoms with Gasteiger partial charge in [0.15, 0.2) is 0 Å². The standard InChI is InChI=1S/C24H22Cl2N2O3S/c25-19-12-14-20(15-13-19)28(32(30,31)23-11-5-4-9-21(23)26)17-24(29)27-16-6-10-22(27)18-7-2-1-3-8-18/h1-5,7-9,11-15,22H,6,10,16-17H2. The van der Waals surface area contributed by atoms with Crippen molar-refractivity contribution in [3.05, 3.63) is 94.5 Å². The minimum absolute atomic E-state index is 0.0505. The van der Waals surface area contributed by atoms with E-state index in [0.29, 0.717) is 17.3 Å². The van der Waals surface area contributed by atoms with Gasteiger partial charge < -0.3 is 4.90 Å². The van der Waals surface area contributed by atoms with Gasteiger partial charge in [-0.1, -0.05) is 65.7 Å². The smallest absolute Gasteiger partial charge is 0.266 e. The molecule has 166 valence electrons. The molecule has 32 heavy (non-hydrogen) atoms. The van der Waals surface area contributed by atoms with Crippen molar-refractivity contribution in [2.75, 3.05) is 17.4 Å². The van der Waals surface area contributed by atoms with Crippen LogP contribution in [0.1, 0.15) is 24.4 Å². The molecule has 3 aromatic rings. The van der Waals surface area contributed by atoms with Crippen LogP contribution in [-0.2, 0) is 14.8 Å². The number of carbonyl (C=O) groups is 1. The Bertz CT molecular complexity index is 1200. The Kier molecular flexibility index (Phi) is 6.74. The van der Waals surface area contributed by atoms with Gasteiger partial charge in [-0.3, -0.25) is 9.10 Å². The van der Waals surface area contributed by atoms with E-state index < -0.39 is 10.0 Å². The molecule has 0 bridgehead atoms. The number of hydrogen-bond acceptors (Lipinski definition) is 3. The predicted octanol–water partition coefficient (Wildman–Crippen LogP) is 5.55. The number of halogens is 2. The normalized spacial score (nSPS) is 16.2. The fourth-order valence-corrected chi connectivity index (χ4v) is 6.03. The third kappa shape index (κ3) is 4.63. The highest BCUT2D eigenvalue weighted by Gasteiger charge is 2.34. The van der Waals surface area contributed by atoms with E-state index in [2.05, 4.69) is 0 Å². The molecule has 1 amide bonds.